The van der Waals surface area contributed by atoms with Gasteiger partial charge in [0.2, 0.25) is 0 Å². The second kappa shape index (κ2) is 17.3. The number of fused-ring (bicyclic) bond motifs is 10. The van der Waals surface area contributed by atoms with Crippen molar-refractivity contribution in [3.63, 3.8) is 0 Å². The topological polar surface area (TPSA) is 69.9 Å². The van der Waals surface area contributed by atoms with Gasteiger partial charge in [-0.25, -0.2) is 15.0 Å². The summed E-state index contributed by atoms with van der Waals surface area (Å²) in [7, 11) is 0. The first-order valence-electron chi connectivity index (χ1n) is 25.2. The first-order chi connectivity index (χ1) is 37.2. The molecule has 0 aliphatic heterocycles. The number of benzene rings is 11. The van der Waals surface area contributed by atoms with E-state index in [9.17, 15) is 0 Å². The first-order valence-corrected chi connectivity index (χ1v) is 25.2. The molecule has 75 heavy (non-hydrogen) atoms. The zero-order valence-corrected chi connectivity index (χ0v) is 40.4. The molecule has 4 heterocycles. The number of hydrogen-bond donors (Lipinski definition) is 0. The third kappa shape index (κ3) is 7.14. The van der Waals surface area contributed by atoms with Gasteiger partial charge in [-0.05, 0) is 81.9 Å². The molecule has 0 radical (unpaired) electrons. The van der Waals surface area contributed by atoms with E-state index in [4.69, 9.17) is 23.8 Å². The van der Waals surface area contributed by atoms with E-state index >= 15 is 0 Å². The molecule has 6 nitrogen and oxygen atoms in total. The maximum atomic E-state index is 7.08. The number of rotatable bonds is 8. The van der Waals surface area contributed by atoms with Crippen molar-refractivity contribution >= 4 is 65.7 Å². The molecule has 0 spiro atoms. The number of furan rings is 2. The molecule has 4 aromatic heterocycles. The van der Waals surface area contributed by atoms with Crippen molar-refractivity contribution in [2.45, 2.75) is 0 Å². The van der Waals surface area contributed by atoms with Gasteiger partial charge in [-0.1, -0.05) is 206 Å². The number of para-hydroxylation sites is 2. The standard InChI is InChI=1S/C69H42N4O2/c1-5-17-43(18-6-1)45-29-33-47(34-30-45)55-39-51(69-71-67(49-21-9-3-10-22-49)70-68(72-69)50-23-11-4-12-24-50)40-56(48-35-31-46(32-36-48)44-19-7-2-8-20-44)65(55)73-59-27-15-13-26-54(59)64-60(73)38-37-53-58-42-62-57(41-63(58)75-66(53)64)52-25-14-16-28-61(52)74-62/h1-42H. The summed E-state index contributed by atoms with van der Waals surface area (Å²) in [6, 6.07) is 89.5. The third-order valence-electron chi connectivity index (χ3n) is 14.7. The van der Waals surface area contributed by atoms with Crippen molar-refractivity contribution in [3.05, 3.63) is 255 Å². The number of aromatic nitrogens is 4. The van der Waals surface area contributed by atoms with Crippen LogP contribution in [-0.4, -0.2) is 19.5 Å². The normalized spacial score (nSPS) is 11.7. The molecule has 0 fully saturated rings. The Hall–Kier alpha value is -10.2. The molecule has 0 aliphatic carbocycles. The fourth-order valence-electron chi connectivity index (χ4n) is 11.1. The van der Waals surface area contributed by atoms with Gasteiger partial charge in [0.05, 0.1) is 22.1 Å². The summed E-state index contributed by atoms with van der Waals surface area (Å²) >= 11 is 0. The first kappa shape index (κ1) is 42.5. The van der Waals surface area contributed by atoms with Crippen LogP contribution in [0, 0.1) is 0 Å². The van der Waals surface area contributed by atoms with E-state index in [0.29, 0.717) is 17.5 Å². The second-order valence-electron chi connectivity index (χ2n) is 19.1. The fraction of sp³-hybridized carbons (Fsp3) is 0. The van der Waals surface area contributed by atoms with Gasteiger partial charge in [-0.2, -0.15) is 0 Å². The van der Waals surface area contributed by atoms with Gasteiger partial charge in [0.15, 0.2) is 17.5 Å². The van der Waals surface area contributed by atoms with Crippen LogP contribution >= 0.6 is 0 Å². The van der Waals surface area contributed by atoms with Crippen LogP contribution < -0.4 is 0 Å². The highest BCUT2D eigenvalue weighted by atomic mass is 16.3. The summed E-state index contributed by atoms with van der Waals surface area (Å²) in [6.07, 6.45) is 0. The van der Waals surface area contributed by atoms with Crippen molar-refractivity contribution < 1.29 is 8.83 Å². The van der Waals surface area contributed by atoms with Gasteiger partial charge in [0.1, 0.15) is 22.3 Å². The van der Waals surface area contributed by atoms with E-state index in [2.05, 4.69) is 211 Å². The Bertz CT molecular complexity index is 4500. The molecule has 0 saturated carbocycles. The highest BCUT2D eigenvalue weighted by molar-refractivity contribution is 6.25. The highest BCUT2D eigenvalue weighted by Gasteiger charge is 2.26. The van der Waals surface area contributed by atoms with Crippen LogP contribution in [0.25, 0.3) is 150 Å². The van der Waals surface area contributed by atoms with Gasteiger partial charge in [-0.15, -0.1) is 0 Å². The molecular weight excluding hydrogens is 917 g/mol. The van der Waals surface area contributed by atoms with Crippen LogP contribution in [0.4, 0.5) is 0 Å². The van der Waals surface area contributed by atoms with Gasteiger partial charge in [0.25, 0.3) is 0 Å². The van der Waals surface area contributed by atoms with Crippen LogP contribution in [0.15, 0.2) is 264 Å². The average Bonchev–Trinajstić information content (AvgIpc) is 4.16. The van der Waals surface area contributed by atoms with E-state index in [1.165, 1.54) is 0 Å². The van der Waals surface area contributed by atoms with E-state index < -0.39 is 0 Å². The molecule has 0 aliphatic rings. The summed E-state index contributed by atoms with van der Waals surface area (Å²) in [5.41, 5.74) is 17.8. The molecule has 0 amide bonds. The van der Waals surface area contributed by atoms with E-state index in [1.54, 1.807) is 0 Å². The smallest absolute Gasteiger partial charge is 0.164 e. The Morgan fingerprint density at radius 3 is 1.25 bits per heavy atom. The Labute approximate surface area is 431 Å². The van der Waals surface area contributed by atoms with Gasteiger partial charge < -0.3 is 13.4 Å². The molecule has 15 rings (SSSR count). The summed E-state index contributed by atoms with van der Waals surface area (Å²) in [5.74, 6) is 1.77. The predicted molar refractivity (Wildman–Crippen MR) is 307 cm³/mol. The van der Waals surface area contributed by atoms with Crippen molar-refractivity contribution in [1.29, 1.82) is 0 Å². The fourth-order valence-corrected chi connectivity index (χ4v) is 11.1. The Morgan fingerprint density at radius 1 is 0.267 bits per heavy atom. The minimum atomic E-state index is 0.572. The predicted octanol–water partition coefficient (Wildman–Crippen LogP) is 18.4. The lowest BCUT2D eigenvalue weighted by Gasteiger charge is -2.21. The lowest BCUT2D eigenvalue weighted by atomic mass is 9.91. The minimum Gasteiger partial charge on any atom is -0.456 e. The molecule has 6 heteroatoms. The van der Waals surface area contributed by atoms with Crippen LogP contribution in [0.5, 0.6) is 0 Å². The quantitative estimate of drug-likeness (QED) is 0.152. The van der Waals surface area contributed by atoms with E-state index in [1.807, 2.05) is 48.5 Å². The van der Waals surface area contributed by atoms with Gasteiger partial charge in [0, 0.05) is 54.7 Å². The van der Waals surface area contributed by atoms with Crippen LogP contribution in [0.3, 0.4) is 0 Å². The SMILES string of the molecule is c1ccc(-c2ccc(-c3cc(-c4nc(-c5ccccc5)nc(-c5ccccc5)n4)cc(-c4ccc(-c5ccccc5)cc4)c3-n3c4ccccc4c4c5oc6cc7c(cc6c5ccc43)oc3ccccc37)cc2)cc1. The summed E-state index contributed by atoms with van der Waals surface area (Å²) in [4.78, 5) is 15.7. The Morgan fingerprint density at radius 2 is 0.693 bits per heavy atom. The zero-order chi connectivity index (χ0) is 49.4. The van der Waals surface area contributed by atoms with Gasteiger partial charge >= 0.3 is 0 Å². The Kier molecular flexibility index (Phi) is 9.78. The number of hydrogen-bond acceptors (Lipinski definition) is 5. The van der Waals surface area contributed by atoms with E-state index in [-0.39, 0.29) is 0 Å². The lowest BCUT2D eigenvalue weighted by molar-refractivity contribution is 0.665. The molecule has 0 bridgehead atoms. The third-order valence-corrected chi connectivity index (χ3v) is 14.7. The average molecular weight is 959 g/mol. The van der Waals surface area contributed by atoms with Crippen molar-refractivity contribution in [1.82, 2.24) is 19.5 Å². The maximum Gasteiger partial charge on any atom is 0.164 e. The molecule has 0 N–H and O–H groups in total. The lowest BCUT2D eigenvalue weighted by Crippen LogP contribution is -2.04. The molecule has 350 valence electrons. The summed E-state index contributed by atoms with van der Waals surface area (Å²) in [5, 5.41) is 6.27. The zero-order valence-electron chi connectivity index (χ0n) is 40.4. The van der Waals surface area contributed by atoms with Crippen LogP contribution in [-0.2, 0) is 0 Å². The Balaban J connectivity index is 1.04. The maximum absolute atomic E-state index is 7.08. The van der Waals surface area contributed by atoms with Gasteiger partial charge in [-0.3, -0.25) is 0 Å². The molecular formula is C69H42N4O2. The molecule has 11 aromatic carbocycles. The molecule has 0 unspecified atom stereocenters. The van der Waals surface area contributed by atoms with Crippen molar-refractivity contribution in [2.75, 3.05) is 0 Å². The van der Waals surface area contributed by atoms with Crippen molar-refractivity contribution in [3.8, 4) is 84.4 Å². The van der Waals surface area contributed by atoms with Crippen LogP contribution in [0.2, 0.25) is 0 Å². The largest absolute Gasteiger partial charge is 0.456 e. The molecule has 15 aromatic rings. The monoisotopic (exact) mass is 958 g/mol. The van der Waals surface area contributed by atoms with E-state index in [0.717, 1.165) is 133 Å². The number of nitrogens with zero attached hydrogens (tertiary/aromatic N) is 4. The van der Waals surface area contributed by atoms with Crippen LogP contribution in [0.1, 0.15) is 0 Å². The molecule has 0 atom stereocenters. The summed E-state index contributed by atoms with van der Waals surface area (Å²) in [6.45, 7) is 0. The molecule has 0 saturated heterocycles. The minimum absolute atomic E-state index is 0.572. The second-order valence-corrected chi connectivity index (χ2v) is 19.1. The van der Waals surface area contributed by atoms with Crippen molar-refractivity contribution in [2.24, 2.45) is 0 Å². The summed E-state index contributed by atoms with van der Waals surface area (Å²) < 4.78 is 15.9. The highest BCUT2D eigenvalue weighted by Crippen LogP contribution is 2.47.